The second-order valence-corrected chi connectivity index (χ2v) is 9.27. The monoisotopic (exact) mass is 564 g/mol. The number of hydrogen-bond acceptors (Lipinski definition) is 5. The number of guanidine groups is 1. The fraction of sp³-hybridized carbons (Fsp3) is 0.913. The lowest BCUT2D eigenvalue weighted by Gasteiger charge is -2.43. The number of ether oxygens (including phenoxy) is 1. The van der Waals surface area contributed by atoms with E-state index in [0.29, 0.717) is 12.6 Å². The summed E-state index contributed by atoms with van der Waals surface area (Å²) >= 11 is 0. The van der Waals surface area contributed by atoms with Gasteiger partial charge in [0.25, 0.3) is 0 Å². The average Bonchev–Trinajstić information content (AvgIpc) is 3.34. The van der Waals surface area contributed by atoms with Crippen LogP contribution in [0.2, 0.25) is 0 Å². The van der Waals surface area contributed by atoms with Crippen LogP contribution in [0.3, 0.4) is 0 Å². The van der Waals surface area contributed by atoms with Gasteiger partial charge in [0.2, 0.25) is 5.91 Å². The molecule has 0 aromatic carbocycles. The summed E-state index contributed by atoms with van der Waals surface area (Å²) in [5.41, 5.74) is 0.159. The smallest absolute Gasteiger partial charge is 0.234 e. The molecule has 0 bridgehead atoms. The molecule has 186 valence electrons. The van der Waals surface area contributed by atoms with Crippen molar-refractivity contribution in [3.8, 4) is 0 Å². The Balaban J connectivity index is 0.00000363. The van der Waals surface area contributed by atoms with Gasteiger partial charge in [-0.1, -0.05) is 6.92 Å². The third-order valence-electron chi connectivity index (χ3n) is 6.94. The zero-order valence-electron chi connectivity index (χ0n) is 20.2. The Kier molecular flexibility index (Phi) is 12.6. The Morgan fingerprint density at radius 1 is 1.06 bits per heavy atom. The number of nitrogens with one attached hydrogen (secondary N) is 3. The predicted octanol–water partition coefficient (Wildman–Crippen LogP) is 1.80. The summed E-state index contributed by atoms with van der Waals surface area (Å²) in [7, 11) is 0. The van der Waals surface area contributed by atoms with Crippen LogP contribution in [0.5, 0.6) is 0 Å². The molecule has 0 aromatic heterocycles. The fourth-order valence-corrected chi connectivity index (χ4v) is 5.02. The lowest BCUT2D eigenvalue weighted by molar-refractivity contribution is -0.122. The van der Waals surface area contributed by atoms with Gasteiger partial charge < -0.3 is 20.7 Å². The van der Waals surface area contributed by atoms with E-state index in [1.54, 1.807) is 0 Å². The largest absolute Gasteiger partial charge is 0.381 e. The highest BCUT2D eigenvalue weighted by molar-refractivity contribution is 14.0. The summed E-state index contributed by atoms with van der Waals surface area (Å²) in [6.45, 7) is 13.2. The Morgan fingerprint density at radius 3 is 2.38 bits per heavy atom. The third-order valence-corrected chi connectivity index (χ3v) is 6.94. The van der Waals surface area contributed by atoms with Crippen molar-refractivity contribution in [1.29, 1.82) is 0 Å². The maximum atomic E-state index is 12.0. The van der Waals surface area contributed by atoms with Gasteiger partial charge in [-0.3, -0.25) is 19.6 Å². The molecular weight excluding hydrogens is 519 g/mol. The number of nitrogens with zero attached hydrogens (tertiary/aromatic N) is 3. The van der Waals surface area contributed by atoms with Gasteiger partial charge in [-0.25, -0.2) is 0 Å². The molecule has 0 spiro atoms. The van der Waals surface area contributed by atoms with E-state index < -0.39 is 0 Å². The van der Waals surface area contributed by atoms with Crippen molar-refractivity contribution in [1.82, 2.24) is 25.8 Å². The first kappa shape index (κ1) is 27.6. The number of halogens is 1. The molecule has 3 aliphatic rings. The van der Waals surface area contributed by atoms with Crippen LogP contribution in [-0.4, -0.2) is 98.8 Å². The highest BCUT2D eigenvalue weighted by atomic mass is 127. The zero-order chi connectivity index (χ0) is 21.9. The van der Waals surface area contributed by atoms with E-state index in [1.165, 1.54) is 25.9 Å². The van der Waals surface area contributed by atoms with Crippen molar-refractivity contribution in [3.63, 3.8) is 0 Å². The fourth-order valence-electron chi connectivity index (χ4n) is 5.02. The second kappa shape index (κ2) is 14.6. The van der Waals surface area contributed by atoms with Gasteiger partial charge >= 0.3 is 0 Å². The number of amides is 1. The lowest BCUT2D eigenvalue weighted by atomic mass is 9.88. The molecule has 3 saturated heterocycles. The molecule has 32 heavy (non-hydrogen) atoms. The van der Waals surface area contributed by atoms with Crippen LogP contribution in [-0.2, 0) is 9.53 Å². The zero-order valence-corrected chi connectivity index (χ0v) is 22.5. The maximum Gasteiger partial charge on any atom is 0.234 e. The molecule has 3 fully saturated rings. The minimum Gasteiger partial charge on any atom is -0.381 e. The summed E-state index contributed by atoms with van der Waals surface area (Å²) in [5.74, 6) is 1.08. The second-order valence-electron chi connectivity index (χ2n) is 9.27. The van der Waals surface area contributed by atoms with Gasteiger partial charge in [0, 0.05) is 51.0 Å². The van der Waals surface area contributed by atoms with Gasteiger partial charge in [0.05, 0.1) is 13.1 Å². The minimum atomic E-state index is 0. The van der Waals surface area contributed by atoms with E-state index in [-0.39, 0.29) is 35.4 Å². The molecule has 8 nitrogen and oxygen atoms in total. The molecule has 1 amide bonds. The van der Waals surface area contributed by atoms with Crippen LogP contribution < -0.4 is 16.0 Å². The highest BCUT2D eigenvalue weighted by Gasteiger charge is 2.39. The number of carbonyl (C=O) groups excluding carboxylic acids is 1. The first-order valence-electron chi connectivity index (χ1n) is 12.5. The van der Waals surface area contributed by atoms with Crippen LogP contribution in [0.15, 0.2) is 4.99 Å². The quantitative estimate of drug-likeness (QED) is 0.225. The topological polar surface area (TPSA) is 81.2 Å². The van der Waals surface area contributed by atoms with Crippen LogP contribution >= 0.6 is 24.0 Å². The van der Waals surface area contributed by atoms with E-state index in [1.807, 2.05) is 0 Å². The van der Waals surface area contributed by atoms with Crippen LogP contribution in [0.25, 0.3) is 0 Å². The van der Waals surface area contributed by atoms with Crippen molar-refractivity contribution in [2.45, 2.75) is 70.4 Å². The lowest BCUT2D eigenvalue weighted by Crippen LogP contribution is -2.54. The van der Waals surface area contributed by atoms with E-state index in [4.69, 9.17) is 9.73 Å². The predicted molar refractivity (Wildman–Crippen MR) is 141 cm³/mol. The van der Waals surface area contributed by atoms with Crippen molar-refractivity contribution < 1.29 is 9.53 Å². The summed E-state index contributed by atoms with van der Waals surface area (Å²) in [4.78, 5) is 22.0. The molecule has 0 saturated carbocycles. The molecule has 0 aromatic rings. The van der Waals surface area contributed by atoms with Gasteiger partial charge in [-0.05, 0) is 65.0 Å². The molecule has 0 unspecified atom stereocenters. The van der Waals surface area contributed by atoms with Gasteiger partial charge in [0.1, 0.15) is 0 Å². The molecule has 0 radical (unpaired) electrons. The van der Waals surface area contributed by atoms with Gasteiger partial charge in [-0.15, -0.1) is 24.0 Å². The third kappa shape index (κ3) is 8.29. The van der Waals surface area contributed by atoms with Crippen LogP contribution in [0, 0.1) is 0 Å². The summed E-state index contributed by atoms with van der Waals surface area (Å²) in [6, 6.07) is 0.408. The minimum absolute atomic E-state index is 0. The number of aliphatic imine (C=N–C) groups is 1. The van der Waals surface area contributed by atoms with E-state index in [0.717, 1.165) is 84.0 Å². The van der Waals surface area contributed by atoms with Crippen molar-refractivity contribution in [3.05, 3.63) is 0 Å². The van der Waals surface area contributed by atoms with Crippen LogP contribution in [0.4, 0.5) is 0 Å². The van der Waals surface area contributed by atoms with E-state index in [2.05, 4.69) is 39.6 Å². The molecule has 3 heterocycles. The van der Waals surface area contributed by atoms with E-state index in [9.17, 15) is 4.79 Å². The SMILES string of the molecule is CCCNC(=O)CN1CCC(NC(=NCC2(N3CCCC3)CCOCC2)NCC)CC1.I. The standard InChI is InChI=1S/C23H44N6O2.HI/c1-3-11-25-21(30)18-28-14-7-20(8-15-28)27-22(24-4-2)26-19-23(9-16-31-17-10-23)29-12-5-6-13-29;/h20H,3-19H2,1-2H3,(H,25,30)(H2,24,26,27);1H. The number of piperidine rings is 1. The molecule has 0 atom stereocenters. The molecule has 3 rings (SSSR count). The Hall–Kier alpha value is -0.650. The molecular formula is C23H45IN6O2. The number of hydrogen-bond donors (Lipinski definition) is 3. The molecule has 0 aliphatic carbocycles. The van der Waals surface area contributed by atoms with Gasteiger partial charge in [-0.2, -0.15) is 0 Å². The summed E-state index contributed by atoms with van der Waals surface area (Å²) < 4.78 is 5.68. The molecule has 3 N–H and O–H groups in total. The normalized spacial score (nSPS) is 22.9. The molecule has 3 aliphatic heterocycles. The van der Waals surface area contributed by atoms with Crippen molar-refractivity contribution in [2.24, 2.45) is 4.99 Å². The van der Waals surface area contributed by atoms with Crippen LogP contribution in [0.1, 0.15) is 58.8 Å². The summed E-state index contributed by atoms with van der Waals surface area (Å²) in [6.07, 6.45) is 7.83. The number of likely N-dealkylation sites (tertiary alicyclic amines) is 2. The summed E-state index contributed by atoms with van der Waals surface area (Å²) in [5, 5.41) is 10.1. The molecule has 9 heteroatoms. The Bertz CT molecular complexity index is 571. The number of rotatable bonds is 9. The van der Waals surface area contributed by atoms with E-state index >= 15 is 0 Å². The Morgan fingerprint density at radius 2 is 1.75 bits per heavy atom. The average molecular weight is 565 g/mol. The van der Waals surface area contributed by atoms with Crippen molar-refractivity contribution >= 4 is 35.8 Å². The maximum absolute atomic E-state index is 12.0. The van der Waals surface area contributed by atoms with Gasteiger partial charge in [0.15, 0.2) is 5.96 Å². The Labute approximate surface area is 211 Å². The number of carbonyl (C=O) groups is 1. The highest BCUT2D eigenvalue weighted by Crippen LogP contribution is 2.31. The first-order valence-corrected chi connectivity index (χ1v) is 12.5. The first-order chi connectivity index (χ1) is 15.1. The van der Waals surface area contributed by atoms with Crippen molar-refractivity contribution in [2.75, 3.05) is 65.6 Å².